The van der Waals surface area contributed by atoms with Gasteiger partial charge in [0.15, 0.2) is 0 Å². The summed E-state index contributed by atoms with van der Waals surface area (Å²) in [7, 11) is 0. The van der Waals surface area contributed by atoms with Crippen LogP contribution >= 0.6 is 0 Å². The van der Waals surface area contributed by atoms with Gasteiger partial charge >= 0.3 is 0 Å². The van der Waals surface area contributed by atoms with Crippen molar-refractivity contribution in [1.29, 1.82) is 0 Å². The first-order chi connectivity index (χ1) is 5.91. The van der Waals surface area contributed by atoms with Gasteiger partial charge in [-0.1, -0.05) is 20.8 Å². The van der Waals surface area contributed by atoms with Crippen LogP contribution in [0.2, 0.25) is 0 Å². The highest BCUT2D eigenvalue weighted by atomic mass is 14.8. The molecule has 2 nitrogen and oxygen atoms in total. The van der Waals surface area contributed by atoms with Gasteiger partial charge in [0.1, 0.15) is 0 Å². The van der Waals surface area contributed by atoms with Gasteiger partial charge in [0.2, 0.25) is 6.04 Å². The Kier molecular flexibility index (Phi) is 2.68. The van der Waals surface area contributed by atoms with Gasteiger partial charge in [0.05, 0.1) is 0 Å². The molecule has 0 aromatic rings. The van der Waals surface area contributed by atoms with Crippen molar-refractivity contribution in [3.8, 4) is 0 Å². The normalized spacial score (nSPS) is 38.2. The zero-order valence-electron chi connectivity index (χ0n) is 8.93. The number of rotatable bonds is 1. The quantitative estimate of drug-likeness (QED) is 0.617. The third-order valence-corrected chi connectivity index (χ3v) is 3.10. The van der Waals surface area contributed by atoms with E-state index in [1.54, 1.807) is 0 Å². The lowest BCUT2D eigenvalue weighted by atomic mass is 9.63. The van der Waals surface area contributed by atoms with Crippen molar-refractivity contribution in [2.24, 2.45) is 16.6 Å². The fraction of sp³-hybridized carbons (Fsp3) is 0.909. The fourth-order valence-electron chi connectivity index (χ4n) is 2.83. The van der Waals surface area contributed by atoms with Crippen molar-refractivity contribution >= 4 is 0 Å². The lowest BCUT2D eigenvalue weighted by Gasteiger charge is -2.42. The summed E-state index contributed by atoms with van der Waals surface area (Å²) in [5.74, 6) is 0. The summed E-state index contributed by atoms with van der Waals surface area (Å²) in [5, 5.41) is 0. The van der Waals surface area contributed by atoms with Crippen LogP contribution in [0.25, 0.3) is 4.85 Å². The molecule has 0 aliphatic heterocycles. The fourth-order valence-corrected chi connectivity index (χ4v) is 2.83. The van der Waals surface area contributed by atoms with Crippen LogP contribution in [-0.4, -0.2) is 12.6 Å². The molecule has 1 rings (SSSR count). The molecule has 2 atom stereocenters. The number of hydrogen-bond acceptors (Lipinski definition) is 1. The Labute approximate surface area is 81.3 Å². The van der Waals surface area contributed by atoms with Crippen LogP contribution in [0.15, 0.2) is 0 Å². The van der Waals surface area contributed by atoms with E-state index >= 15 is 0 Å². The first-order valence-corrected chi connectivity index (χ1v) is 4.97. The van der Waals surface area contributed by atoms with E-state index in [1.807, 2.05) is 0 Å². The Balaban J connectivity index is 2.78. The molecule has 0 aromatic carbocycles. The van der Waals surface area contributed by atoms with Crippen LogP contribution in [-0.2, 0) is 0 Å². The van der Waals surface area contributed by atoms with E-state index in [4.69, 9.17) is 12.3 Å². The Morgan fingerprint density at radius 3 is 2.46 bits per heavy atom. The van der Waals surface area contributed by atoms with Gasteiger partial charge < -0.3 is 10.6 Å². The molecule has 0 radical (unpaired) electrons. The van der Waals surface area contributed by atoms with Crippen LogP contribution in [0.1, 0.15) is 40.0 Å². The van der Waals surface area contributed by atoms with Gasteiger partial charge in [-0.3, -0.25) is 0 Å². The monoisotopic (exact) mass is 180 g/mol. The minimum Gasteiger partial charge on any atom is -0.330 e. The van der Waals surface area contributed by atoms with Gasteiger partial charge in [-0.2, -0.15) is 0 Å². The molecule has 0 spiro atoms. The van der Waals surface area contributed by atoms with Crippen molar-refractivity contribution < 1.29 is 0 Å². The standard InChI is InChI=1S/C11H20N2/c1-10(2)5-9(13-4)6-11(3,7-10)8-12/h9H,5-8,12H2,1-3H3. The highest BCUT2D eigenvalue weighted by Crippen LogP contribution is 2.46. The van der Waals surface area contributed by atoms with Crippen LogP contribution in [0.4, 0.5) is 0 Å². The van der Waals surface area contributed by atoms with E-state index in [0.717, 1.165) is 19.3 Å². The van der Waals surface area contributed by atoms with E-state index in [9.17, 15) is 0 Å². The SMILES string of the molecule is [C-]#[N+]C1CC(C)(C)CC(C)(CN)C1. The van der Waals surface area contributed by atoms with Crippen molar-refractivity contribution in [3.63, 3.8) is 0 Å². The van der Waals surface area contributed by atoms with Crippen molar-refractivity contribution in [2.75, 3.05) is 6.54 Å². The summed E-state index contributed by atoms with van der Waals surface area (Å²) < 4.78 is 0. The average Bonchev–Trinajstić information content (AvgIpc) is 2.01. The zero-order chi connectivity index (χ0) is 10.1. The minimum atomic E-state index is 0.191. The highest BCUT2D eigenvalue weighted by molar-refractivity contribution is 4.98. The summed E-state index contributed by atoms with van der Waals surface area (Å²) >= 11 is 0. The largest absolute Gasteiger partial charge is 0.330 e. The molecule has 74 valence electrons. The average molecular weight is 180 g/mol. The lowest BCUT2D eigenvalue weighted by Crippen LogP contribution is -2.41. The molecule has 2 unspecified atom stereocenters. The Bertz CT molecular complexity index is 227. The van der Waals surface area contributed by atoms with Gasteiger partial charge in [0, 0.05) is 12.8 Å². The van der Waals surface area contributed by atoms with E-state index in [1.165, 1.54) is 0 Å². The summed E-state index contributed by atoms with van der Waals surface area (Å²) in [5.41, 5.74) is 6.26. The third-order valence-electron chi connectivity index (χ3n) is 3.10. The Morgan fingerprint density at radius 1 is 1.38 bits per heavy atom. The molecule has 13 heavy (non-hydrogen) atoms. The van der Waals surface area contributed by atoms with Crippen molar-refractivity contribution in [2.45, 2.75) is 46.1 Å². The van der Waals surface area contributed by atoms with Gasteiger partial charge in [-0.25, -0.2) is 6.57 Å². The van der Waals surface area contributed by atoms with E-state index < -0.39 is 0 Å². The molecule has 1 aliphatic carbocycles. The number of nitrogens with zero attached hydrogens (tertiary/aromatic N) is 1. The third kappa shape index (κ3) is 2.45. The summed E-state index contributed by atoms with van der Waals surface area (Å²) in [6.07, 6.45) is 3.17. The Hall–Kier alpha value is -0.550. The molecular formula is C11H20N2. The van der Waals surface area contributed by atoms with Gasteiger partial charge in [0.25, 0.3) is 0 Å². The van der Waals surface area contributed by atoms with Crippen LogP contribution in [0.5, 0.6) is 0 Å². The van der Waals surface area contributed by atoms with E-state index in [2.05, 4.69) is 25.6 Å². The highest BCUT2D eigenvalue weighted by Gasteiger charge is 2.43. The molecule has 1 aliphatic rings. The molecule has 0 heterocycles. The van der Waals surface area contributed by atoms with Crippen LogP contribution in [0, 0.1) is 17.4 Å². The van der Waals surface area contributed by atoms with E-state index in [-0.39, 0.29) is 11.5 Å². The first-order valence-electron chi connectivity index (χ1n) is 4.97. The molecule has 2 heteroatoms. The summed E-state index contributed by atoms with van der Waals surface area (Å²) in [6.45, 7) is 14.5. The molecule has 0 amide bonds. The molecule has 0 bridgehead atoms. The molecule has 0 aromatic heterocycles. The van der Waals surface area contributed by atoms with Crippen LogP contribution in [0.3, 0.4) is 0 Å². The van der Waals surface area contributed by atoms with E-state index in [0.29, 0.717) is 12.0 Å². The Morgan fingerprint density at radius 2 is 2.00 bits per heavy atom. The maximum Gasteiger partial charge on any atom is 0.224 e. The minimum absolute atomic E-state index is 0.191. The summed E-state index contributed by atoms with van der Waals surface area (Å²) in [6, 6.07) is 0.192. The van der Waals surface area contributed by atoms with Crippen LogP contribution < -0.4 is 5.73 Å². The predicted octanol–water partition coefficient (Wildman–Crippen LogP) is 2.45. The number of nitrogens with two attached hydrogens (primary N) is 1. The summed E-state index contributed by atoms with van der Waals surface area (Å²) in [4.78, 5) is 3.68. The maximum atomic E-state index is 7.11. The van der Waals surface area contributed by atoms with Crippen molar-refractivity contribution in [1.82, 2.24) is 0 Å². The second-order valence-corrected chi connectivity index (χ2v) is 5.55. The maximum absolute atomic E-state index is 7.11. The van der Waals surface area contributed by atoms with Gasteiger partial charge in [-0.15, -0.1) is 0 Å². The number of hydrogen-bond donors (Lipinski definition) is 1. The predicted molar refractivity (Wildman–Crippen MR) is 55.2 cm³/mol. The second kappa shape index (κ2) is 3.31. The molecule has 0 saturated heterocycles. The van der Waals surface area contributed by atoms with Crippen molar-refractivity contribution in [3.05, 3.63) is 11.4 Å². The molecule has 1 fully saturated rings. The molecular weight excluding hydrogens is 160 g/mol. The van der Waals surface area contributed by atoms with Gasteiger partial charge in [-0.05, 0) is 23.8 Å². The topological polar surface area (TPSA) is 30.4 Å². The smallest absolute Gasteiger partial charge is 0.224 e. The molecule has 1 saturated carbocycles. The molecule has 2 N–H and O–H groups in total. The lowest BCUT2D eigenvalue weighted by molar-refractivity contribution is 0.101. The second-order valence-electron chi connectivity index (χ2n) is 5.55. The first kappa shape index (κ1) is 10.5. The zero-order valence-corrected chi connectivity index (χ0v) is 8.93.